The minimum absolute atomic E-state index is 0.676. The molecule has 0 aromatic carbocycles. The maximum Gasteiger partial charge on any atom is 0.197 e. The van der Waals surface area contributed by atoms with Crippen LogP contribution in [0, 0.1) is 0 Å². The Hall–Kier alpha value is -0.840. The Bertz CT molecular complexity index is 107. The molecule has 0 unspecified atom stereocenters. The van der Waals surface area contributed by atoms with E-state index in [1.165, 1.54) is 5.94 Å². The molecule has 0 radical (unpaired) electrons. The summed E-state index contributed by atoms with van der Waals surface area (Å²) in [6.07, 6.45) is 0.953. The van der Waals surface area contributed by atoms with Gasteiger partial charge < -0.3 is 0 Å². The second-order valence-corrected chi connectivity index (χ2v) is 1.10. The molecule has 0 saturated heterocycles. The molecule has 0 bridgehead atoms. The summed E-state index contributed by atoms with van der Waals surface area (Å²) in [6.45, 7) is 2.66. The first-order chi connectivity index (χ1) is 3.41. The van der Waals surface area contributed by atoms with E-state index in [2.05, 4.69) is 10.9 Å². The molecule has 0 aliphatic heterocycles. The first-order valence-corrected chi connectivity index (χ1v) is 2.20. The highest BCUT2D eigenvalue weighted by Gasteiger charge is 1.65. The molecular weight excluding hydrogens is 90.1 g/mol. The highest BCUT2D eigenvalue weighted by atomic mass is 16.1. The summed E-state index contributed by atoms with van der Waals surface area (Å²) in [5, 5.41) is 0. The van der Waals surface area contributed by atoms with Crippen molar-refractivity contribution in [3.05, 3.63) is 0 Å². The monoisotopic (exact) mass is 97.1 g/mol. The number of hydrogen-bond donors (Lipinski definition) is 0. The van der Waals surface area contributed by atoms with E-state index in [4.69, 9.17) is 0 Å². The summed E-state index contributed by atoms with van der Waals surface area (Å²) in [7, 11) is 0. The van der Waals surface area contributed by atoms with Crippen molar-refractivity contribution in [2.24, 2.45) is 4.99 Å². The molecule has 0 N–H and O–H groups in total. The molecule has 2 nitrogen and oxygen atoms in total. The van der Waals surface area contributed by atoms with Crippen molar-refractivity contribution in [3.8, 4) is 0 Å². The molecule has 0 heterocycles. The van der Waals surface area contributed by atoms with Gasteiger partial charge in [0, 0.05) is 6.54 Å². The fourth-order valence-electron chi connectivity index (χ4n) is 0.200. The van der Waals surface area contributed by atoms with E-state index in [9.17, 15) is 4.79 Å². The highest BCUT2D eigenvalue weighted by Crippen LogP contribution is 1.71. The van der Waals surface area contributed by atoms with E-state index in [1.54, 1.807) is 0 Å². The topological polar surface area (TPSA) is 29.4 Å². The second kappa shape index (κ2) is 5.16. The largest absolute Gasteiger partial charge is 0.233 e. The molecule has 0 saturated carbocycles. The Morgan fingerprint density at radius 2 is 2.43 bits per heavy atom. The third kappa shape index (κ3) is 5.16. The number of carbonyl (C=O) groups excluding carboxylic acids is 1. The van der Waals surface area contributed by atoms with Gasteiger partial charge in [-0.3, -0.25) is 0 Å². The molecule has 0 aromatic rings. The molecule has 0 rings (SSSR count). The molecular formula is C5H7NO. The summed E-state index contributed by atoms with van der Waals surface area (Å²) in [5.74, 6) is 3.50. The van der Waals surface area contributed by atoms with Crippen molar-refractivity contribution in [3.63, 3.8) is 0 Å². The van der Waals surface area contributed by atoms with Crippen molar-refractivity contribution in [2.75, 3.05) is 6.54 Å². The zero-order valence-electron chi connectivity index (χ0n) is 4.27. The molecule has 0 fully saturated rings. The van der Waals surface area contributed by atoms with Crippen LogP contribution in [-0.2, 0) is 4.79 Å². The van der Waals surface area contributed by atoms with Crippen LogP contribution in [-0.4, -0.2) is 18.4 Å². The van der Waals surface area contributed by atoms with E-state index < -0.39 is 0 Å². The summed E-state index contributed by atoms with van der Waals surface area (Å²) in [4.78, 5) is 12.9. The Morgan fingerprint density at radius 3 is 2.86 bits per heavy atom. The average molecular weight is 97.1 g/mol. The fraction of sp³-hybridized carbons (Fsp3) is 0.600. The van der Waals surface area contributed by atoms with E-state index in [0.29, 0.717) is 6.54 Å². The first kappa shape index (κ1) is 6.16. The summed E-state index contributed by atoms with van der Waals surface area (Å²) in [6, 6.07) is 0. The van der Waals surface area contributed by atoms with Crippen molar-refractivity contribution in [1.29, 1.82) is 0 Å². The third-order valence-corrected chi connectivity index (χ3v) is 0.460. The van der Waals surface area contributed by atoms with Gasteiger partial charge in [-0.15, -0.1) is 0 Å². The normalized spacial score (nSPS) is 6.43. The second-order valence-electron chi connectivity index (χ2n) is 1.10. The lowest BCUT2D eigenvalue weighted by Crippen LogP contribution is -1.70. The van der Waals surface area contributed by atoms with Crippen LogP contribution in [0.25, 0.3) is 0 Å². The maximum atomic E-state index is 9.35. The summed E-state index contributed by atoms with van der Waals surface area (Å²) in [5.41, 5.74) is 0. The minimum Gasteiger partial charge on any atom is -0.233 e. The molecule has 38 valence electrons. The first-order valence-electron chi connectivity index (χ1n) is 2.20. The van der Waals surface area contributed by atoms with Crippen molar-refractivity contribution in [2.45, 2.75) is 13.3 Å². The number of hydrogen-bond acceptors (Lipinski definition) is 2. The third-order valence-electron chi connectivity index (χ3n) is 0.460. The van der Waals surface area contributed by atoms with Crippen LogP contribution in [0.2, 0.25) is 0 Å². The predicted octanol–water partition coefficient (Wildman–Crippen LogP) is 0.454. The Balaban J connectivity index is 3.28. The van der Waals surface area contributed by atoms with E-state index >= 15 is 0 Å². The van der Waals surface area contributed by atoms with Gasteiger partial charge in [-0.2, -0.15) is 0 Å². The van der Waals surface area contributed by atoms with Crippen LogP contribution in [0.5, 0.6) is 0 Å². The van der Waals surface area contributed by atoms with E-state index in [-0.39, 0.29) is 0 Å². The Labute approximate surface area is 42.6 Å². The predicted molar refractivity (Wildman–Crippen MR) is 28.3 cm³/mol. The van der Waals surface area contributed by atoms with Crippen LogP contribution in [0.1, 0.15) is 13.3 Å². The van der Waals surface area contributed by atoms with E-state index in [0.717, 1.165) is 6.42 Å². The fourth-order valence-corrected chi connectivity index (χ4v) is 0.200. The lowest BCUT2D eigenvalue weighted by atomic mass is 10.5. The van der Waals surface area contributed by atoms with Crippen molar-refractivity contribution >= 4 is 11.8 Å². The van der Waals surface area contributed by atoms with Gasteiger partial charge >= 0.3 is 0 Å². The van der Waals surface area contributed by atoms with Gasteiger partial charge in [0.25, 0.3) is 0 Å². The molecule has 7 heavy (non-hydrogen) atoms. The Kier molecular flexibility index (Phi) is 4.54. The summed E-state index contributed by atoms with van der Waals surface area (Å²) < 4.78 is 0. The molecule has 0 aliphatic carbocycles. The SMILES string of the molecule is CCCN=C=C=O. The van der Waals surface area contributed by atoms with Gasteiger partial charge in [-0.25, -0.2) is 9.79 Å². The van der Waals surface area contributed by atoms with Crippen LogP contribution in [0.4, 0.5) is 0 Å². The zero-order chi connectivity index (χ0) is 5.54. The van der Waals surface area contributed by atoms with Crippen molar-refractivity contribution < 1.29 is 4.79 Å². The quantitative estimate of drug-likeness (QED) is 0.363. The molecule has 0 amide bonds. The Morgan fingerprint density at radius 1 is 1.71 bits per heavy atom. The van der Waals surface area contributed by atoms with Gasteiger partial charge in [0.2, 0.25) is 0 Å². The number of nitrogens with zero attached hydrogens (tertiary/aromatic N) is 1. The smallest absolute Gasteiger partial charge is 0.197 e. The van der Waals surface area contributed by atoms with Gasteiger partial charge in [-0.1, -0.05) is 6.92 Å². The van der Waals surface area contributed by atoms with Gasteiger partial charge in [0.05, 0.1) is 5.87 Å². The molecule has 2 heteroatoms. The minimum atomic E-state index is 0.676. The average Bonchev–Trinajstić information content (AvgIpc) is 1.69. The summed E-state index contributed by atoms with van der Waals surface area (Å²) >= 11 is 0. The van der Waals surface area contributed by atoms with Crippen LogP contribution in [0.3, 0.4) is 0 Å². The van der Waals surface area contributed by atoms with Crippen LogP contribution < -0.4 is 0 Å². The number of rotatable bonds is 2. The molecule has 0 spiro atoms. The standard InChI is InChI=1S/C5H7NO/c1-2-3-6-4-5-7/h2-3H2,1H3. The van der Waals surface area contributed by atoms with Crippen molar-refractivity contribution in [1.82, 2.24) is 0 Å². The van der Waals surface area contributed by atoms with Gasteiger partial charge in [0.1, 0.15) is 0 Å². The lowest BCUT2D eigenvalue weighted by Gasteiger charge is -1.73. The lowest BCUT2D eigenvalue weighted by molar-refractivity contribution is 0.571. The molecule has 0 atom stereocenters. The van der Waals surface area contributed by atoms with Crippen LogP contribution in [0.15, 0.2) is 4.99 Å². The highest BCUT2D eigenvalue weighted by molar-refractivity contribution is 5.85. The van der Waals surface area contributed by atoms with Crippen LogP contribution >= 0.6 is 0 Å². The molecule has 0 aromatic heterocycles. The maximum absolute atomic E-state index is 9.35. The molecule has 0 aliphatic rings. The number of aliphatic imine (C=N–C) groups is 1. The zero-order valence-corrected chi connectivity index (χ0v) is 4.27. The van der Waals surface area contributed by atoms with Gasteiger partial charge in [0.15, 0.2) is 5.94 Å². The van der Waals surface area contributed by atoms with E-state index in [1.807, 2.05) is 6.92 Å². The van der Waals surface area contributed by atoms with Gasteiger partial charge in [-0.05, 0) is 6.42 Å².